The summed E-state index contributed by atoms with van der Waals surface area (Å²) in [6.07, 6.45) is 7.91. The maximum atomic E-state index is 13.5. The largest absolute Gasteiger partial charge is 0.362 e. The van der Waals surface area contributed by atoms with Crippen LogP contribution in [0.2, 0.25) is 0 Å². The van der Waals surface area contributed by atoms with E-state index in [1.165, 1.54) is 11.9 Å². The highest BCUT2D eigenvalue weighted by atomic mass is 32.2. The third kappa shape index (κ3) is 7.62. The molecular formula is C32H42N6OS. The predicted molar refractivity (Wildman–Crippen MR) is 166 cm³/mol. The van der Waals surface area contributed by atoms with Gasteiger partial charge in [-0.15, -0.1) is 0 Å². The first kappa shape index (κ1) is 29.6. The summed E-state index contributed by atoms with van der Waals surface area (Å²) in [4.78, 5) is 30.0. The molecule has 0 bridgehead atoms. The molecule has 4 heterocycles. The van der Waals surface area contributed by atoms with E-state index in [0.29, 0.717) is 16.5 Å². The minimum Gasteiger partial charge on any atom is -0.362 e. The number of aromatic nitrogens is 3. The van der Waals surface area contributed by atoms with E-state index in [0.717, 1.165) is 42.4 Å². The SMILES string of the molecule is CCC(Nc1cccc(SNC(=O)c2ccc(/C=C/C(C)(C)C)nc2N2CC(C)CC2(C)C)n1)c1ccccn1. The lowest BCUT2D eigenvalue weighted by Crippen LogP contribution is -2.40. The van der Waals surface area contributed by atoms with E-state index < -0.39 is 0 Å². The molecule has 0 saturated carbocycles. The first-order valence-electron chi connectivity index (χ1n) is 14.0. The van der Waals surface area contributed by atoms with E-state index in [1.54, 1.807) is 6.20 Å². The van der Waals surface area contributed by atoms with Crippen LogP contribution >= 0.6 is 11.9 Å². The molecule has 0 aromatic carbocycles. The summed E-state index contributed by atoms with van der Waals surface area (Å²) in [5.74, 6) is 1.80. The van der Waals surface area contributed by atoms with E-state index in [1.807, 2.05) is 54.6 Å². The summed E-state index contributed by atoms with van der Waals surface area (Å²) >= 11 is 1.21. The molecule has 2 atom stereocenters. The Morgan fingerprint density at radius 2 is 1.95 bits per heavy atom. The van der Waals surface area contributed by atoms with E-state index in [2.05, 4.69) is 74.5 Å². The molecule has 40 heavy (non-hydrogen) atoms. The molecule has 0 spiro atoms. The summed E-state index contributed by atoms with van der Waals surface area (Å²) in [5, 5.41) is 4.17. The van der Waals surface area contributed by atoms with Crippen molar-refractivity contribution in [2.45, 2.75) is 77.9 Å². The molecule has 3 aromatic rings. The third-order valence-electron chi connectivity index (χ3n) is 6.97. The van der Waals surface area contributed by atoms with Gasteiger partial charge in [-0.25, -0.2) is 9.97 Å². The van der Waals surface area contributed by atoms with E-state index in [9.17, 15) is 4.79 Å². The van der Waals surface area contributed by atoms with Crippen molar-refractivity contribution in [2.24, 2.45) is 11.3 Å². The number of rotatable bonds is 9. The van der Waals surface area contributed by atoms with Gasteiger partial charge < -0.3 is 10.2 Å². The number of amides is 1. The van der Waals surface area contributed by atoms with Crippen molar-refractivity contribution in [1.29, 1.82) is 0 Å². The van der Waals surface area contributed by atoms with Crippen LogP contribution in [0.1, 0.15) is 89.1 Å². The van der Waals surface area contributed by atoms with E-state index in [4.69, 9.17) is 9.97 Å². The maximum absolute atomic E-state index is 13.5. The molecule has 1 aliphatic rings. The molecule has 1 saturated heterocycles. The number of hydrogen-bond acceptors (Lipinski definition) is 7. The molecule has 1 fully saturated rings. The molecule has 0 radical (unpaired) electrons. The van der Waals surface area contributed by atoms with Crippen LogP contribution < -0.4 is 14.9 Å². The van der Waals surface area contributed by atoms with Crippen LogP contribution in [-0.4, -0.2) is 32.9 Å². The van der Waals surface area contributed by atoms with Gasteiger partial charge in [0.25, 0.3) is 5.91 Å². The Hall–Kier alpha value is -3.39. The first-order chi connectivity index (χ1) is 18.9. The lowest BCUT2D eigenvalue weighted by Gasteiger charge is -2.34. The third-order valence-corrected chi connectivity index (χ3v) is 7.69. The fourth-order valence-electron chi connectivity index (χ4n) is 5.09. The molecule has 2 unspecified atom stereocenters. The molecule has 212 valence electrons. The average molecular weight is 559 g/mol. The van der Waals surface area contributed by atoms with Gasteiger partial charge in [0.1, 0.15) is 16.7 Å². The Morgan fingerprint density at radius 3 is 2.60 bits per heavy atom. The number of nitrogens with zero attached hydrogens (tertiary/aromatic N) is 4. The minimum absolute atomic E-state index is 0.0428. The smallest absolute Gasteiger partial charge is 0.265 e. The van der Waals surface area contributed by atoms with Gasteiger partial charge in [-0.05, 0) is 80.5 Å². The van der Waals surface area contributed by atoms with Crippen LogP contribution in [0.4, 0.5) is 11.6 Å². The minimum atomic E-state index is -0.186. The van der Waals surface area contributed by atoms with Crippen LogP contribution in [0.3, 0.4) is 0 Å². The van der Waals surface area contributed by atoms with Crippen LogP contribution in [0.5, 0.6) is 0 Å². The summed E-state index contributed by atoms with van der Waals surface area (Å²) < 4.78 is 3.01. The van der Waals surface area contributed by atoms with Crippen molar-refractivity contribution >= 4 is 35.6 Å². The molecule has 1 amide bonds. The summed E-state index contributed by atoms with van der Waals surface area (Å²) in [6, 6.07) is 15.5. The molecule has 0 aliphatic carbocycles. The highest BCUT2D eigenvalue weighted by Gasteiger charge is 2.39. The van der Waals surface area contributed by atoms with Gasteiger partial charge >= 0.3 is 0 Å². The highest BCUT2D eigenvalue weighted by Crippen LogP contribution is 2.37. The number of carbonyl (C=O) groups is 1. The van der Waals surface area contributed by atoms with Crippen molar-refractivity contribution in [3.63, 3.8) is 0 Å². The standard InChI is InChI=1S/C32H42N6OS/c1-8-25(26-12-9-10-19-33-26)35-27-13-11-14-28(36-27)40-37-30(39)24-16-15-23(17-18-31(3,4)5)34-29(24)38-21-22(2)20-32(38,6)7/h9-19,22,25H,8,20-21H2,1-7H3,(H,35,36)(H,37,39)/b18-17+. The number of allylic oxidation sites excluding steroid dienone is 1. The number of anilines is 2. The van der Waals surface area contributed by atoms with Crippen molar-refractivity contribution < 1.29 is 4.79 Å². The zero-order valence-electron chi connectivity index (χ0n) is 24.7. The Balaban J connectivity index is 1.53. The summed E-state index contributed by atoms with van der Waals surface area (Å²) in [6.45, 7) is 16.2. The normalized spacial score (nSPS) is 17.7. The van der Waals surface area contributed by atoms with Gasteiger partial charge in [-0.1, -0.05) is 52.8 Å². The lowest BCUT2D eigenvalue weighted by atomic mass is 9.96. The Kier molecular flexibility index (Phi) is 9.19. The first-order valence-corrected chi connectivity index (χ1v) is 14.9. The predicted octanol–water partition coefficient (Wildman–Crippen LogP) is 7.56. The molecule has 7 nitrogen and oxygen atoms in total. The van der Waals surface area contributed by atoms with Gasteiger partial charge in [0.15, 0.2) is 0 Å². The zero-order chi connectivity index (χ0) is 28.9. The van der Waals surface area contributed by atoms with Crippen molar-refractivity contribution in [2.75, 3.05) is 16.8 Å². The fraction of sp³-hybridized carbons (Fsp3) is 0.438. The number of nitrogens with one attached hydrogen (secondary N) is 2. The molecule has 2 N–H and O–H groups in total. The number of hydrogen-bond donors (Lipinski definition) is 2. The molecule has 4 rings (SSSR count). The molecular weight excluding hydrogens is 516 g/mol. The van der Waals surface area contributed by atoms with Crippen LogP contribution in [0.15, 0.2) is 65.8 Å². The average Bonchev–Trinajstić information content (AvgIpc) is 3.20. The monoisotopic (exact) mass is 558 g/mol. The van der Waals surface area contributed by atoms with Crippen LogP contribution in [0.25, 0.3) is 6.08 Å². The van der Waals surface area contributed by atoms with Gasteiger partial charge in [0, 0.05) is 30.2 Å². The van der Waals surface area contributed by atoms with Gasteiger partial charge in [0.05, 0.1) is 23.0 Å². The topological polar surface area (TPSA) is 83.0 Å². The second-order valence-electron chi connectivity index (χ2n) is 12.3. The highest BCUT2D eigenvalue weighted by molar-refractivity contribution is 7.97. The molecule has 1 aliphatic heterocycles. The van der Waals surface area contributed by atoms with E-state index >= 15 is 0 Å². The van der Waals surface area contributed by atoms with Crippen LogP contribution in [-0.2, 0) is 0 Å². The molecule has 3 aromatic heterocycles. The number of pyridine rings is 3. The Bertz CT molecular complexity index is 1330. The second-order valence-corrected chi connectivity index (χ2v) is 13.1. The maximum Gasteiger partial charge on any atom is 0.265 e. The van der Waals surface area contributed by atoms with Crippen molar-refractivity contribution in [1.82, 2.24) is 19.7 Å². The van der Waals surface area contributed by atoms with Gasteiger partial charge in [-0.3, -0.25) is 14.5 Å². The van der Waals surface area contributed by atoms with Crippen LogP contribution in [0, 0.1) is 11.3 Å². The van der Waals surface area contributed by atoms with Crippen molar-refractivity contribution in [3.8, 4) is 0 Å². The van der Waals surface area contributed by atoms with Gasteiger partial charge in [0.2, 0.25) is 0 Å². The Morgan fingerprint density at radius 1 is 1.15 bits per heavy atom. The second kappa shape index (κ2) is 12.4. The lowest BCUT2D eigenvalue weighted by molar-refractivity contribution is 0.0984. The fourth-order valence-corrected chi connectivity index (χ4v) is 5.68. The molecule has 8 heteroatoms. The summed E-state index contributed by atoms with van der Waals surface area (Å²) in [7, 11) is 0. The van der Waals surface area contributed by atoms with Crippen molar-refractivity contribution in [3.05, 3.63) is 77.8 Å². The van der Waals surface area contributed by atoms with Gasteiger partial charge in [-0.2, -0.15) is 0 Å². The quantitative estimate of drug-likeness (QED) is 0.262. The van der Waals surface area contributed by atoms with E-state index in [-0.39, 0.29) is 22.9 Å². The zero-order valence-corrected chi connectivity index (χ0v) is 25.5. The summed E-state index contributed by atoms with van der Waals surface area (Å²) in [5.41, 5.74) is 2.34. The Labute approximate surface area is 243 Å². The number of carbonyl (C=O) groups excluding carboxylic acids is 1.